The molecule has 2 nitrogen and oxygen atoms in total. The fourth-order valence-corrected chi connectivity index (χ4v) is 2.25. The Labute approximate surface area is 95.8 Å². The lowest BCUT2D eigenvalue weighted by atomic mass is 10.1. The van der Waals surface area contributed by atoms with Crippen LogP contribution in [-0.2, 0) is 9.16 Å². The zero-order valence-corrected chi connectivity index (χ0v) is 12.1. The van der Waals surface area contributed by atoms with Crippen molar-refractivity contribution < 1.29 is 9.16 Å². The molecule has 0 saturated carbocycles. The van der Waals surface area contributed by atoms with Crippen molar-refractivity contribution in [2.24, 2.45) is 0 Å². The van der Waals surface area contributed by atoms with E-state index < -0.39 is 8.32 Å². The predicted molar refractivity (Wildman–Crippen MR) is 68.3 cm³/mol. The molecule has 0 heterocycles. The molecule has 0 aromatic rings. The van der Waals surface area contributed by atoms with E-state index in [1.807, 2.05) is 0 Å². The van der Waals surface area contributed by atoms with Crippen molar-refractivity contribution in [3.05, 3.63) is 11.5 Å². The average molecular weight is 230 g/mol. The van der Waals surface area contributed by atoms with Gasteiger partial charge in [0.2, 0.25) is 8.32 Å². The molecule has 0 bridgehead atoms. The highest BCUT2D eigenvalue weighted by Gasteiger charge is 2.20. The summed E-state index contributed by atoms with van der Waals surface area (Å²) < 4.78 is 11.3. The predicted octanol–water partition coefficient (Wildman–Crippen LogP) is 4.30. The van der Waals surface area contributed by atoms with E-state index >= 15 is 0 Å². The number of rotatable bonds is 7. The molecular weight excluding hydrogens is 204 g/mol. The largest absolute Gasteiger partial charge is 0.520 e. The molecule has 3 heteroatoms. The third-order valence-electron chi connectivity index (χ3n) is 1.98. The van der Waals surface area contributed by atoms with Gasteiger partial charge in [0.15, 0.2) is 0 Å². The SMILES string of the molecule is CCCC(CCC)=C(OC)O[Si](C)(C)C. The second-order valence-electron chi connectivity index (χ2n) is 4.81. The lowest BCUT2D eigenvalue weighted by Crippen LogP contribution is -2.26. The van der Waals surface area contributed by atoms with Crippen molar-refractivity contribution >= 4 is 8.32 Å². The summed E-state index contributed by atoms with van der Waals surface area (Å²) in [7, 11) is 0.164. The molecule has 0 N–H and O–H groups in total. The van der Waals surface area contributed by atoms with Crippen LogP contribution in [0.15, 0.2) is 11.5 Å². The summed E-state index contributed by atoms with van der Waals surface area (Å²) in [5.74, 6) is 0.790. The van der Waals surface area contributed by atoms with E-state index in [2.05, 4.69) is 33.5 Å². The number of hydrogen-bond acceptors (Lipinski definition) is 2. The highest BCUT2D eigenvalue weighted by Crippen LogP contribution is 2.21. The first kappa shape index (κ1) is 14.6. The van der Waals surface area contributed by atoms with Gasteiger partial charge in [0.05, 0.1) is 7.11 Å². The molecule has 0 radical (unpaired) electrons. The van der Waals surface area contributed by atoms with Crippen molar-refractivity contribution in [3.8, 4) is 0 Å². The van der Waals surface area contributed by atoms with Gasteiger partial charge >= 0.3 is 0 Å². The summed E-state index contributed by atoms with van der Waals surface area (Å²) >= 11 is 0. The fourth-order valence-electron chi connectivity index (χ4n) is 1.47. The van der Waals surface area contributed by atoms with Gasteiger partial charge in [-0.2, -0.15) is 0 Å². The van der Waals surface area contributed by atoms with E-state index in [-0.39, 0.29) is 0 Å². The minimum Gasteiger partial charge on any atom is -0.520 e. The van der Waals surface area contributed by atoms with Crippen LogP contribution >= 0.6 is 0 Å². The van der Waals surface area contributed by atoms with Gasteiger partial charge in [0.25, 0.3) is 5.95 Å². The molecule has 0 unspecified atom stereocenters. The lowest BCUT2D eigenvalue weighted by Gasteiger charge is -2.23. The number of methoxy groups -OCH3 is 1. The van der Waals surface area contributed by atoms with E-state index in [0.29, 0.717) is 0 Å². The van der Waals surface area contributed by atoms with E-state index in [1.54, 1.807) is 7.11 Å². The van der Waals surface area contributed by atoms with Crippen LogP contribution in [0.25, 0.3) is 0 Å². The summed E-state index contributed by atoms with van der Waals surface area (Å²) in [6.07, 6.45) is 4.47. The Morgan fingerprint density at radius 3 is 1.73 bits per heavy atom. The second kappa shape index (κ2) is 6.93. The molecule has 0 atom stereocenters. The molecule has 0 aliphatic rings. The van der Waals surface area contributed by atoms with Crippen LogP contribution < -0.4 is 0 Å². The monoisotopic (exact) mass is 230 g/mol. The van der Waals surface area contributed by atoms with Crippen LogP contribution in [0.2, 0.25) is 19.6 Å². The smallest absolute Gasteiger partial charge is 0.264 e. The zero-order chi connectivity index (χ0) is 11.9. The van der Waals surface area contributed by atoms with Crippen molar-refractivity contribution in [3.63, 3.8) is 0 Å². The highest BCUT2D eigenvalue weighted by molar-refractivity contribution is 6.70. The first-order chi connectivity index (χ1) is 6.94. The molecule has 0 amide bonds. The number of allylic oxidation sites excluding steroid dienone is 1. The van der Waals surface area contributed by atoms with Crippen LogP contribution in [0.1, 0.15) is 39.5 Å². The Bertz CT molecular complexity index is 196. The average Bonchev–Trinajstić information content (AvgIpc) is 2.12. The summed E-state index contributed by atoms with van der Waals surface area (Å²) in [5, 5.41) is 0. The van der Waals surface area contributed by atoms with Crippen molar-refractivity contribution in [2.75, 3.05) is 7.11 Å². The minimum atomic E-state index is -1.54. The van der Waals surface area contributed by atoms with Gasteiger partial charge in [-0.25, -0.2) is 0 Å². The zero-order valence-electron chi connectivity index (χ0n) is 11.1. The third kappa shape index (κ3) is 6.61. The molecule has 0 spiro atoms. The highest BCUT2D eigenvalue weighted by atomic mass is 28.4. The molecule has 0 saturated heterocycles. The first-order valence-electron chi connectivity index (χ1n) is 5.89. The molecular formula is C12H26O2Si. The van der Waals surface area contributed by atoms with E-state index in [1.165, 1.54) is 5.57 Å². The van der Waals surface area contributed by atoms with E-state index in [0.717, 1.165) is 31.6 Å². The maximum Gasteiger partial charge on any atom is 0.264 e. The minimum absolute atomic E-state index is 0.790. The molecule has 0 aromatic heterocycles. The maximum absolute atomic E-state index is 5.95. The Morgan fingerprint density at radius 1 is 1.00 bits per heavy atom. The summed E-state index contributed by atoms with van der Waals surface area (Å²) in [6.45, 7) is 10.9. The lowest BCUT2D eigenvalue weighted by molar-refractivity contribution is 0.139. The third-order valence-corrected chi connectivity index (χ3v) is 2.77. The van der Waals surface area contributed by atoms with Gasteiger partial charge in [-0.3, -0.25) is 0 Å². The van der Waals surface area contributed by atoms with Crippen LogP contribution in [-0.4, -0.2) is 15.4 Å². The standard InChI is InChI=1S/C12H26O2Si/c1-7-9-11(10-8-2)12(13-3)14-15(4,5)6/h7-10H2,1-6H3. The second-order valence-corrected chi connectivity index (χ2v) is 9.24. The Kier molecular flexibility index (Phi) is 6.73. The topological polar surface area (TPSA) is 18.5 Å². The summed E-state index contributed by atoms with van der Waals surface area (Å²) in [6, 6.07) is 0. The fraction of sp³-hybridized carbons (Fsp3) is 0.833. The summed E-state index contributed by atoms with van der Waals surface area (Å²) in [5.41, 5.74) is 1.34. The molecule has 0 aromatic carbocycles. The van der Waals surface area contributed by atoms with Gasteiger partial charge in [-0.1, -0.05) is 26.7 Å². The van der Waals surface area contributed by atoms with Gasteiger partial charge in [-0.05, 0) is 32.5 Å². The van der Waals surface area contributed by atoms with Crippen LogP contribution in [0.5, 0.6) is 0 Å². The van der Waals surface area contributed by atoms with Crippen molar-refractivity contribution in [1.29, 1.82) is 0 Å². The number of hydrogen-bond donors (Lipinski definition) is 0. The normalized spacial score (nSPS) is 11.1. The van der Waals surface area contributed by atoms with E-state index in [9.17, 15) is 0 Å². The Morgan fingerprint density at radius 2 is 1.47 bits per heavy atom. The first-order valence-corrected chi connectivity index (χ1v) is 9.30. The maximum atomic E-state index is 5.95. The molecule has 15 heavy (non-hydrogen) atoms. The molecule has 0 fully saturated rings. The van der Waals surface area contributed by atoms with Crippen molar-refractivity contribution in [1.82, 2.24) is 0 Å². The quantitative estimate of drug-likeness (QED) is 0.479. The molecule has 0 aliphatic heterocycles. The van der Waals surface area contributed by atoms with Gasteiger partial charge in [0, 0.05) is 5.57 Å². The van der Waals surface area contributed by atoms with Crippen molar-refractivity contribution in [2.45, 2.75) is 59.2 Å². The van der Waals surface area contributed by atoms with Gasteiger partial charge in [-0.15, -0.1) is 0 Å². The Hall–Kier alpha value is -0.443. The summed E-state index contributed by atoms with van der Waals surface area (Å²) in [4.78, 5) is 0. The van der Waals surface area contributed by atoms with Gasteiger partial charge < -0.3 is 9.16 Å². The molecule has 0 rings (SSSR count). The molecule has 90 valence electrons. The molecule has 0 aliphatic carbocycles. The van der Waals surface area contributed by atoms with Crippen LogP contribution in [0, 0.1) is 0 Å². The van der Waals surface area contributed by atoms with Crippen LogP contribution in [0.3, 0.4) is 0 Å². The van der Waals surface area contributed by atoms with Crippen LogP contribution in [0.4, 0.5) is 0 Å². The van der Waals surface area contributed by atoms with E-state index in [4.69, 9.17) is 9.16 Å². The number of ether oxygens (including phenoxy) is 1. The Balaban J connectivity index is 4.70. The van der Waals surface area contributed by atoms with Gasteiger partial charge in [0.1, 0.15) is 0 Å².